The molecule has 3 atom stereocenters. The van der Waals surface area contributed by atoms with Gasteiger partial charge in [-0.1, -0.05) is 60.7 Å². The van der Waals surface area contributed by atoms with Gasteiger partial charge in [0.15, 0.2) is 0 Å². The summed E-state index contributed by atoms with van der Waals surface area (Å²) in [6.07, 6.45) is 8.88. The van der Waals surface area contributed by atoms with E-state index in [2.05, 4.69) is 0 Å². The number of hydrogen-bond acceptors (Lipinski definition) is 2. The lowest BCUT2D eigenvalue weighted by Crippen LogP contribution is -2.62. The Balaban J connectivity index is 1.44. The zero-order chi connectivity index (χ0) is 19.0. The number of nitrogens with zero attached hydrogens (tertiary/aromatic N) is 1. The summed E-state index contributed by atoms with van der Waals surface area (Å²) < 4.78 is 7.48. The first-order valence-corrected chi connectivity index (χ1v) is 11.0. The average molecular weight is 377 g/mol. The Morgan fingerprint density at radius 1 is 0.786 bits per heavy atom. The van der Waals surface area contributed by atoms with Crippen molar-refractivity contribution in [3.63, 3.8) is 0 Å². The standard InChI is InChI=1S/C25H30NO2/c27-25(24(19-9-3-1-4-10-19)20-11-5-2-6-12-20)28-23-15-8-18-26(23)21-13-7-14-22(26)17-16-21/h1-6,9-12,21-24H,7-8,13-18H2/q+1. The highest BCUT2D eigenvalue weighted by Crippen LogP contribution is 2.49. The molecular formula is C25H30NO2+. The van der Waals surface area contributed by atoms with Crippen LogP contribution in [0.2, 0.25) is 0 Å². The van der Waals surface area contributed by atoms with E-state index < -0.39 is 0 Å². The highest BCUT2D eigenvalue weighted by atomic mass is 16.6. The van der Waals surface area contributed by atoms with Crippen LogP contribution < -0.4 is 0 Å². The van der Waals surface area contributed by atoms with Gasteiger partial charge < -0.3 is 4.74 Å². The maximum atomic E-state index is 13.5. The Bertz CT molecular complexity index is 763. The zero-order valence-electron chi connectivity index (χ0n) is 16.5. The fourth-order valence-corrected chi connectivity index (χ4v) is 6.40. The second-order valence-corrected chi connectivity index (χ2v) is 8.82. The van der Waals surface area contributed by atoms with E-state index in [0.717, 1.165) is 22.0 Å². The van der Waals surface area contributed by atoms with Gasteiger partial charge in [-0.2, -0.15) is 0 Å². The average Bonchev–Trinajstić information content (AvgIpc) is 3.19. The Morgan fingerprint density at radius 2 is 1.36 bits per heavy atom. The van der Waals surface area contributed by atoms with Crippen molar-refractivity contribution in [2.45, 2.75) is 69.2 Å². The first-order valence-electron chi connectivity index (χ1n) is 11.0. The van der Waals surface area contributed by atoms with Gasteiger partial charge in [0.2, 0.25) is 6.23 Å². The van der Waals surface area contributed by atoms with Crippen molar-refractivity contribution < 1.29 is 14.0 Å². The van der Waals surface area contributed by atoms with Crippen LogP contribution >= 0.6 is 0 Å². The maximum absolute atomic E-state index is 13.5. The Morgan fingerprint density at radius 3 is 1.93 bits per heavy atom. The molecule has 3 aliphatic heterocycles. The summed E-state index contributed by atoms with van der Waals surface area (Å²) in [5.74, 6) is -0.419. The van der Waals surface area contributed by atoms with E-state index in [0.29, 0.717) is 12.1 Å². The number of carbonyl (C=O) groups is 1. The van der Waals surface area contributed by atoms with Crippen LogP contribution in [0.15, 0.2) is 60.7 Å². The van der Waals surface area contributed by atoms with Gasteiger partial charge in [0.05, 0.1) is 18.6 Å². The van der Waals surface area contributed by atoms with Crippen LogP contribution in [-0.2, 0) is 9.53 Å². The lowest BCUT2D eigenvalue weighted by Gasteiger charge is -2.48. The summed E-state index contributed by atoms with van der Waals surface area (Å²) >= 11 is 0. The normalized spacial score (nSPS) is 31.4. The van der Waals surface area contributed by atoms with Crippen LogP contribution in [0.3, 0.4) is 0 Å². The molecule has 3 unspecified atom stereocenters. The number of benzene rings is 2. The molecule has 0 aromatic heterocycles. The highest BCUT2D eigenvalue weighted by molar-refractivity contribution is 5.82. The minimum absolute atomic E-state index is 0.0558. The van der Waals surface area contributed by atoms with Crippen LogP contribution in [0.5, 0.6) is 0 Å². The van der Waals surface area contributed by atoms with Gasteiger partial charge in [-0.3, -0.25) is 9.28 Å². The van der Waals surface area contributed by atoms with Crippen molar-refractivity contribution in [1.29, 1.82) is 0 Å². The molecule has 146 valence electrons. The molecule has 28 heavy (non-hydrogen) atoms. The molecule has 0 N–H and O–H groups in total. The van der Waals surface area contributed by atoms with Gasteiger partial charge in [0, 0.05) is 25.7 Å². The van der Waals surface area contributed by atoms with Crippen molar-refractivity contribution in [1.82, 2.24) is 0 Å². The molecule has 2 aromatic rings. The van der Waals surface area contributed by atoms with Crippen LogP contribution in [0.25, 0.3) is 0 Å². The molecule has 3 heterocycles. The summed E-state index contributed by atoms with van der Waals surface area (Å²) in [7, 11) is 0. The molecular weight excluding hydrogens is 346 g/mol. The van der Waals surface area contributed by atoms with Crippen LogP contribution in [0.4, 0.5) is 0 Å². The van der Waals surface area contributed by atoms with Gasteiger partial charge in [0.25, 0.3) is 0 Å². The molecule has 1 spiro atoms. The molecule has 2 aromatic carbocycles. The van der Waals surface area contributed by atoms with Gasteiger partial charge >= 0.3 is 5.97 Å². The lowest BCUT2D eigenvalue weighted by atomic mass is 9.91. The molecule has 3 fully saturated rings. The Kier molecular flexibility index (Phi) is 4.72. The van der Waals surface area contributed by atoms with E-state index in [9.17, 15) is 4.79 Å². The van der Waals surface area contributed by atoms with E-state index in [1.807, 2.05) is 60.7 Å². The Hall–Kier alpha value is -2.13. The number of quaternary nitrogens is 1. The number of ether oxygens (including phenoxy) is 1. The van der Waals surface area contributed by atoms with E-state index in [4.69, 9.17) is 4.74 Å². The molecule has 2 bridgehead atoms. The van der Waals surface area contributed by atoms with E-state index in [1.54, 1.807) is 0 Å². The predicted molar refractivity (Wildman–Crippen MR) is 110 cm³/mol. The third-order valence-electron chi connectivity index (χ3n) is 7.55. The first kappa shape index (κ1) is 17.9. The molecule has 0 radical (unpaired) electrons. The third kappa shape index (κ3) is 2.88. The molecule has 0 aliphatic carbocycles. The second kappa shape index (κ2) is 7.36. The van der Waals surface area contributed by atoms with Crippen molar-refractivity contribution in [3.8, 4) is 0 Å². The monoisotopic (exact) mass is 376 g/mol. The third-order valence-corrected chi connectivity index (χ3v) is 7.55. The molecule has 3 heteroatoms. The van der Waals surface area contributed by atoms with Crippen LogP contribution in [-0.4, -0.2) is 35.3 Å². The fraction of sp³-hybridized carbons (Fsp3) is 0.480. The van der Waals surface area contributed by atoms with Crippen molar-refractivity contribution in [3.05, 3.63) is 71.8 Å². The minimum atomic E-state index is -0.342. The largest absolute Gasteiger partial charge is 0.412 e. The van der Waals surface area contributed by atoms with Crippen molar-refractivity contribution in [2.24, 2.45) is 0 Å². The van der Waals surface area contributed by atoms with Gasteiger partial charge in [0.1, 0.15) is 5.92 Å². The molecule has 3 saturated heterocycles. The number of esters is 1. The summed E-state index contributed by atoms with van der Waals surface area (Å²) in [5.41, 5.74) is 2.04. The highest BCUT2D eigenvalue weighted by Gasteiger charge is 2.59. The smallest absolute Gasteiger partial charge is 0.322 e. The van der Waals surface area contributed by atoms with E-state index >= 15 is 0 Å². The van der Waals surface area contributed by atoms with Gasteiger partial charge in [-0.25, -0.2) is 0 Å². The Labute approximate surface area is 167 Å². The van der Waals surface area contributed by atoms with Crippen molar-refractivity contribution >= 4 is 5.97 Å². The predicted octanol–water partition coefficient (Wildman–Crippen LogP) is 5.01. The molecule has 3 nitrogen and oxygen atoms in total. The fourth-order valence-electron chi connectivity index (χ4n) is 6.40. The topological polar surface area (TPSA) is 26.3 Å². The second-order valence-electron chi connectivity index (χ2n) is 8.82. The van der Waals surface area contributed by atoms with E-state index in [1.165, 1.54) is 45.1 Å². The van der Waals surface area contributed by atoms with Gasteiger partial charge in [-0.15, -0.1) is 0 Å². The zero-order valence-corrected chi connectivity index (χ0v) is 16.5. The number of rotatable bonds is 4. The quantitative estimate of drug-likeness (QED) is 0.554. The summed E-state index contributed by atoms with van der Waals surface area (Å²) in [4.78, 5) is 13.5. The van der Waals surface area contributed by atoms with Crippen LogP contribution in [0, 0.1) is 0 Å². The maximum Gasteiger partial charge on any atom is 0.322 e. The number of carbonyl (C=O) groups excluding carboxylic acids is 1. The van der Waals surface area contributed by atoms with Gasteiger partial charge in [-0.05, 0) is 30.4 Å². The molecule has 0 saturated carbocycles. The van der Waals surface area contributed by atoms with Crippen molar-refractivity contribution in [2.75, 3.05) is 6.54 Å². The van der Waals surface area contributed by atoms with Crippen LogP contribution in [0.1, 0.15) is 62.0 Å². The number of piperidine rings is 1. The lowest BCUT2D eigenvalue weighted by molar-refractivity contribution is -0.992. The van der Waals surface area contributed by atoms with E-state index in [-0.39, 0.29) is 18.1 Å². The minimum Gasteiger partial charge on any atom is -0.412 e. The first-order chi connectivity index (χ1) is 13.8. The summed E-state index contributed by atoms with van der Waals surface area (Å²) in [5, 5.41) is 0. The molecule has 0 amide bonds. The number of hydrogen-bond donors (Lipinski definition) is 0. The molecule has 3 aliphatic rings. The summed E-state index contributed by atoms with van der Waals surface area (Å²) in [6, 6.07) is 21.6. The SMILES string of the molecule is O=C(OC1CCC[N+]12C1CCCC2CC1)C(c1ccccc1)c1ccccc1. The summed E-state index contributed by atoms with van der Waals surface area (Å²) in [6.45, 7) is 1.20. The molecule has 5 rings (SSSR count).